The van der Waals surface area contributed by atoms with E-state index in [1.54, 1.807) is 0 Å². The zero-order chi connectivity index (χ0) is 17.4. The molecule has 0 unspecified atom stereocenters. The van der Waals surface area contributed by atoms with Crippen molar-refractivity contribution in [1.29, 1.82) is 0 Å². The van der Waals surface area contributed by atoms with E-state index in [-0.39, 0.29) is 6.42 Å². The van der Waals surface area contributed by atoms with Crippen molar-refractivity contribution in [3.05, 3.63) is 65.5 Å². The van der Waals surface area contributed by atoms with Gasteiger partial charge in [-0.2, -0.15) is 0 Å². The van der Waals surface area contributed by atoms with Crippen LogP contribution in [0.25, 0.3) is 12.2 Å². The second-order valence-corrected chi connectivity index (χ2v) is 6.37. The first-order chi connectivity index (χ1) is 11.5. The third-order valence-corrected chi connectivity index (χ3v) is 4.05. The van der Waals surface area contributed by atoms with Gasteiger partial charge in [0, 0.05) is 25.0 Å². The van der Waals surface area contributed by atoms with Gasteiger partial charge in [-0.3, -0.25) is 4.79 Å². The molecule has 24 heavy (non-hydrogen) atoms. The minimum absolute atomic E-state index is 0.247. The highest BCUT2D eigenvalue weighted by Gasteiger charge is 2.02. The summed E-state index contributed by atoms with van der Waals surface area (Å²) in [7, 11) is 0. The quantitative estimate of drug-likeness (QED) is 0.573. The molecule has 0 aliphatic rings. The molecule has 3 nitrogen and oxygen atoms in total. The molecule has 1 heterocycles. The normalized spacial score (nSPS) is 11.3. The number of aliphatic carboxylic acids is 1. The van der Waals surface area contributed by atoms with Gasteiger partial charge < -0.3 is 5.11 Å². The van der Waals surface area contributed by atoms with Crippen LogP contribution in [-0.4, -0.2) is 11.1 Å². The first-order valence-corrected chi connectivity index (χ1v) is 8.53. The number of carbonyl (C=O) groups is 1. The van der Waals surface area contributed by atoms with Crippen LogP contribution in [0.4, 0.5) is 0 Å². The van der Waals surface area contributed by atoms with E-state index in [4.69, 9.17) is 5.11 Å². The molecule has 1 N–H and O–H groups in total. The number of carboxylic acid groups (broad SMARTS) is 1. The molecule has 0 saturated heterocycles. The number of pyridine rings is 1. The molecule has 0 bridgehead atoms. The minimum Gasteiger partial charge on any atom is -0.481 e. The number of aryl methyl sites for hydroxylation is 1. The molecule has 1 aromatic carbocycles. The lowest BCUT2D eigenvalue weighted by molar-refractivity contribution is -0.697. The molecule has 0 spiro atoms. The van der Waals surface area contributed by atoms with Crippen molar-refractivity contribution in [2.75, 3.05) is 0 Å². The van der Waals surface area contributed by atoms with Crippen LogP contribution in [0.15, 0.2) is 48.8 Å². The van der Waals surface area contributed by atoms with E-state index in [0.717, 1.165) is 24.9 Å². The van der Waals surface area contributed by atoms with E-state index in [1.807, 2.05) is 12.4 Å². The first kappa shape index (κ1) is 17.9. The average molecular weight is 324 g/mol. The molecule has 0 aliphatic carbocycles. The molecule has 1 aromatic heterocycles. The fourth-order valence-electron chi connectivity index (χ4n) is 2.48. The van der Waals surface area contributed by atoms with Crippen molar-refractivity contribution in [3.8, 4) is 0 Å². The van der Waals surface area contributed by atoms with Crippen molar-refractivity contribution in [1.82, 2.24) is 0 Å². The van der Waals surface area contributed by atoms with Gasteiger partial charge in [0.25, 0.3) is 0 Å². The van der Waals surface area contributed by atoms with Crippen LogP contribution in [0.1, 0.15) is 55.7 Å². The predicted octanol–water partition coefficient (Wildman–Crippen LogP) is 4.52. The van der Waals surface area contributed by atoms with Crippen molar-refractivity contribution >= 4 is 18.1 Å². The van der Waals surface area contributed by atoms with E-state index in [1.165, 1.54) is 11.1 Å². The minimum atomic E-state index is -0.720. The highest BCUT2D eigenvalue weighted by molar-refractivity contribution is 5.69. The lowest BCUT2D eigenvalue weighted by atomic mass is 10.0. The number of hydrogen-bond donors (Lipinski definition) is 1. The number of unbranched alkanes of at least 4 members (excludes halogenated alkanes) is 1. The van der Waals surface area contributed by atoms with Gasteiger partial charge in [-0.1, -0.05) is 50.3 Å². The summed E-state index contributed by atoms with van der Waals surface area (Å²) in [4.78, 5) is 10.5. The second-order valence-electron chi connectivity index (χ2n) is 6.37. The number of benzene rings is 1. The van der Waals surface area contributed by atoms with Gasteiger partial charge in [-0.05, 0) is 29.0 Å². The van der Waals surface area contributed by atoms with Crippen LogP contribution >= 0.6 is 0 Å². The second kappa shape index (κ2) is 9.02. The highest BCUT2D eigenvalue weighted by atomic mass is 16.4. The molecule has 0 atom stereocenters. The Balaban J connectivity index is 1.87. The van der Waals surface area contributed by atoms with E-state index in [2.05, 4.69) is 67.0 Å². The van der Waals surface area contributed by atoms with E-state index >= 15 is 0 Å². The third kappa shape index (κ3) is 5.99. The predicted molar refractivity (Wildman–Crippen MR) is 97.6 cm³/mol. The van der Waals surface area contributed by atoms with Crippen molar-refractivity contribution < 1.29 is 14.5 Å². The van der Waals surface area contributed by atoms with Crippen LogP contribution in [0.2, 0.25) is 0 Å². The summed E-state index contributed by atoms with van der Waals surface area (Å²) in [5, 5.41) is 8.63. The molecule has 126 valence electrons. The Morgan fingerprint density at radius 1 is 1.00 bits per heavy atom. The number of nitrogens with zero attached hydrogens (tertiary/aromatic N) is 1. The van der Waals surface area contributed by atoms with Crippen LogP contribution < -0.4 is 4.57 Å². The third-order valence-electron chi connectivity index (χ3n) is 4.05. The number of rotatable bonds is 8. The Kier molecular flexibility index (Phi) is 6.74. The van der Waals surface area contributed by atoms with Gasteiger partial charge >= 0.3 is 5.97 Å². The lowest BCUT2D eigenvalue weighted by Gasteiger charge is -2.04. The summed E-state index contributed by atoms with van der Waals surface area (Å²) in [5.41, 5.74) is 3.71. The molecule has 2 aromatic rings. The van der Waals surface area contributed by atoms with E-state index in [9.17, 15) is 4.79 Å². The van der Waals surface area contributed by atoms with Crippen LogP contribution in [0.3, 0.4) is 0 Å². The Labute approximate surface area is 144 Å². The zero-order valence-corrected chi connectivity index (χ0v) is 14.5. The maximum absolute atomic E-state index is 10.5. The van der Waals surface area contributed by atoms with Gasteiger partial charge in [0.05, 0.1) is 0 Å². The summed E-state index contributed by atoms with van der Waals surface area (Å²) in [5.74, 6) is -0.162. The summed E-state index contributed by atoms with van der Waals surface area (Å²) < 4.78 is 2.09. The Bertz CT molecular complexity index is 670. The molecule has 0 aliphatic heterocycles. The van der Waals surface area contributed by atoms with Gasteiger partial charge in [-0.15, -0.1) is 0 Å². The fraction of sp³-hybridized carbons (Fsp3) is 0.333. The summed E-state index contributed by atoms with van der Waals surface area (Å²) >= 11 is 0. The van der Waals surface area contributed by atoms with Crippen LogP contribution in [0, 0.1) is 0 Å². The maximum Gasteiger partial charge on any atom is 0.303 e. The number of hydrogen-bond acceptors (Lipinski definition) is 1. The molecule has 2 rings (SSSR count). The standard InChI is InChI=1S/C21H25NO2/c1-17(2)20-10-8-18(9-11-20)6-7-19-12-15-22(16-13-19)14-4-3-5-21(23)24/h6-13,15-17H,3-5,14H2,1-2H3/p+1/b7-6-. The van der Waals surface area contributed by atoms with Crippen molar-refractivity contribution in [2.45, 2.75) is 45.6 Å². The van der Waals surface area contributed by atoms with Crippen LogP contribution in [-0.2, 0) is 11.3 Å². The highest BCUT2D eigenvalue weighted by Crippen LogP contribution is 2.16. The van der Waals surface area contributed by atoms with Crippen molar-refractivity contribution in [3.63, 3.8) is 0 Å². The molecule has 0 fully saturated rings. The fourth-order valence-corrected chi connectivity index (χ4v) is 2.48. The summed E-state index contributed by atoms with van der Waals surface area (Å²) in [6.07, 6.45) is 10.2. The van der Waals surface area contributed by atoms with Gasteiger partial charge in [0.15, 0.2) is 12.4 Å². The van der Waals surface area contributed by atoms with E-state index < -0.39 is 5.97 Å². The number of aromatic nitrogens is 1. The summed E-state index contributed by atoms with van der Waals surface area (Å²) in [6, 6.07) is 12.8. The molecular weight excluding hydrogens is 298 g/mol. The molecule has 0 amide bonds. The molecule has 0 saturated carbocycles. The zero-order valence-electron chi connectivity index (χ0n) is 14.5. The van der Waals surface area contributed by atoms with Gasteiger partial charge in [0.1, 0.15) is 6.54 Å². The summed E-state index contributed by atoms with van der Waals surface area (Å²) in [6.45, 7) is 5.26. The smallest absolute Gasteiger partial charge is 0.303 e. The SMILES string of the molecule is CC(C)c1ccc(/C=C\c2cc[n+](CCCCC(=O)O)cc2)cc1. The van der Waals surface area contributed by atoms with Gasteiger partial charge in [-0.25, -0.2) is 4.57 Å². The maximum atomic E-state index is 10.5. The average Bonchev–Trinajstić information content (AvgIpc) is 2.58. The largest absolute Gasteiger partial charge is 0.481 e. The van der Waals surface area contributed by atoms with Crippen molar-refractivity contribution in [2.24, 2.45) is 0 Å². The lowest BCUT2D eigenvalue weighted by Crippen LogP contribution is -2.32. The monoisotopic (exact) mass is 324 g/mol. The van der Waals surface area contributed by atoms with Gasteiger partial charge in [0.2, 0.25) is 0 Å². The molecule has 3 heteroatoms. The first-order valence-electron chi connectivity index (χ1n) is 8.53. The topological polar surface area (TPSA) is 41.2 Å². The Hall–Kier alpha value is -2.42. The Morgan fingerprint density at radius 3 is 2.12 bits per heavy atom. The van der Waals surface area contributed by atoms with E-state index in [0.29, 0.717) is 5.92 Å². The molecular formula is C21H26NO2+. The molecule has 0 radical (unpaired) electrons. The van der Waals surface area contributed by atoms with Crippen LogP contribution in [0.5, 0.6) is 0 Å². The Morgan fingerprint density at radius 2 is 1.58 bits per heavy atom. The number of carboxylic acids is 1.